The van der Waals surface area contributed by atoms with E-state index in [1.54, 1.807) is 4.90 Å². The minimum Gasteiger partial charge on any atom is -0.393 e. The summed E-state index contributed by atoms with van der Waals surface area (Å²) in [7, 11) is 0. The van der Waals surface area contributed by atoms with Gasteiger partial charge in [-0.2, -0.15) is 0 Å². The molecular formula is C46H54N2O4. The van der Waals surface area contributed by atoms with Crippen molar-refractivity contribution >= 4 is 11.8 Å². The smallest absolute Gasteiger partial charge is 0.317 e. The van der Waals surface area contributed by atoms with E-state index in [-0.39, 0.29) is 30.3 Å². The molecule has 2 bridgehead atoms. The average molecular weight is 699 g/mol. The van der Waals surface area contributed by atoms with Gasteiger partial charge in [-0.15, -0.1) is 0 Å². The number of hydrogen-bond donors (Lipinski definition) is 3. The molecule has 1 saturated carbocycles. The predicted molar refractivity (Wildman–Crippen MR) is 209 cm³/mol. The molecule has 4 unspecified atom stereocenters. The van der Waals surface area contributed by atoms with Crippen LogP contribution in [0.2, 0.25) is 0 Å². The Morgan fingerprint density at radius 1 is 0.885 bits per heavy atom. The molecule has 6 heteroatoms. The largest absolute Gasteiger partial charge is 0.393 e. The number of allylic oxidation sites excluding steroid dienone is 2. The zero-order chi connectivity index (χ0) is 36.9. The first-order valence-corrected chi connectivity index (χ1v) is 18.9. The summed E-state index contributed by atoms with van der Waals surface area (Å²) < 4.78 is 0. The molecule has 0 spiro atoms. The number of benzene rings is 4. The number of fused-ring (bicyclic) bond motifs is 8. The number of nitrogens with one attached hydrogen (secondary N) is 1. The molecule has 0 aliphatic heterocycles. The molecule has 0 saturated heterocycles. The minimum atomic E-state index is -1.22. The Labute approximate surface area is 309 Å². The molecule has 0 radical (unpaired) electrons. The van der Waals surface area contributed by atoms with E-state index in [2.05, 4.69) is 49.5 Å². The molecule has 4 aromatic rings. The Bertz CT molecular complexity index is 1870. The van der Waals surface area contributed by atoms with Crippen molar-refractivity contribution < 1.29 is 19.8 Å². The van der Waals surface area contributed by atoms with Crippen molar-refractivity contribution in [3.63, 3.8) is 0 Å². The van der Waals surface area contributed by atoms with Crippen LogP contribution in [0.3, 0.4) is 0 Å². The van der Waals surface area contributed by atoms with E-state index >= 15 is 0 Å². The third-order valence-electron chi connectivity index (χ3n) is 11.5. The van der Waals surface area contributed by atoms with Gasteiger partial charge < -0.3 is 20.4 Å². The average Bonchev–Trinajstić information content (AvgIpc) is 3.39. The minimum absolute atomic E-state index is 0.0536. The Kier molecular flexibility index (Phi) is 11.5. The summed E-state index contributed by atoms with van der Waals surface area (Å²) in [5.74, 6) is -0.198. The van der Waals surface area contributed by atoms with E-state index in [1.807, 2.05) is 92.7 Å². The quantitative estimate of drug-likeness (QED) is 0.126. The maximum absolute atomic E-state index is 14.6. The van der Waals surface area contributed by atoms with Crippen LogP contribution in [0.5, 0.6) is 0 Å². The third-order valence-corrected chi connectivity index (χ3v) is 11.5. The van der Waals surface area contributed by atoms with Gasteiger partial charge in [0.2, 0.25) is 0 Å². The van der Waals surface area contributed by atoms with Gasteiger partial charge in [-0.3, -0.25) is 4.79 Å². The molecule has 52 heavy (non-hydrogen) atoms. The summed E-state index contributed by atoms with van der Waals surface area (Å²) >= 11 is 0. The first kappa shape index (κ1) is 37.2. The van der Waals surface area contributed by atoms with E-state index in [9.17, 15) is 19.8 Å². The Morgan fingerprint density at radius 2 is 1.56 bits per heavy atom. The van der Waals surface area contributed by atoms with E-state index in [0.29, 0.717) is 49.8 Å². The lowest BCUT2D eigenvalue weighted by atomic mass is 9.64. The monoisotopic (exact) mass is 698 g/mol. The van der Waals surface area contributed by atoms with Gasteiger partial charge in [0.15, 0.2) is 5.78 Å². The summed E-state index contributed by atoms with van der Waals surface area (Å²) in [6.07, 6.45) is 6.21. The number of ketones is 1. The van der Waals surface area contributed by atoms with Crippen molar-refractivity contribution in [3.8, 4) is 11.1 Å². The summed E-state index contributed by atoms with van der Waals surface area (Å²) in [4.78, 5) is 30.1. The maximum atomic E-state index is 14.6. The van der Waals surface area contributed by atoms with Crippen LogP contribution in [0.4, 0.5) is 4.79 Å². The molecular weight excluding hydrogens is 645 g/mol. The van der Waals surface area contributed by atoms with E-state index in [4.69, 9.17) is 0 Å². The van der Waals surface area contributed by atoms with Gasteiger partial charge in [-0.05, 0) is 106 Å². The molecule has 3 N–H and O–H groups in total. The van der Waals surface area contributed by atoms with Crippen LogP contribution in [-0.4, -0.2) is 51.2 Å². The topological polar surface area (TPSA) is 89.9 Å². The second-order valence-electron chi connectivity index (χ2n) is 15.7. The van der Waals surface area contributed by atoms with Crippen molar-refractivity contribution in [1.29, 1.82) is 0 Å². The lowest BCUT2D eigenvalue weighted by molar-refractivity contribution is -0.0781. The van der Waals surface area contributed by atoms with Crippen LogP contribution in [0.1, 0.15) is 105 Å². The number of aliphatic hydroxyl groups excluding tert-OH is 1. The number of urea groups is 1. The van der Waals surface area contributed by atoms with Crippen LogP contribution >= 0.6 is 0 Å². The van der Waals surface area contributed by atoms with Crippen molar-refractivity contribution in [3.05, 3.63) is 143 Å². The van der Waals surface area contributed by atoms with Crippen LogP contribution < -0.4 is 5.32 Å². The summed E-state index contributed by atoms with van der Waals surface area (Å²) in [5.41, 5.74) is 5.56. The van der Waals surface area contributed by atoms with Crippen LogP contribution in [-0.2, 0) is 13.0 Å². The Hall–Kier alpha value is -4.52. The number of rotatable bonds is 8. The first-order chi connectivity index (χ1) is 25.0. The van der Waals surface area contributed by atoms with Crippen molar-refractivity contribution in [2.45, 2.75) is 103 Å². The normalized spacial score (nSPS) is 23.4. The molecule has 3 aliphatic carbocycles. The molecule has 0 heterocycles. The van der Waals surface area contributed by atoms with Gasteiger partial charge in [0.05, 0.1) is 18.2 Å². The van der Waals surface area contributed by atoms with Crippen LogP contribution in [0, 0.1) is 5.41 Å². The van der Waals surface area contributed by atoms with Crippen molar-refractivity contribution in [2.24, 2.45) is 5.41 Å². The van der Waals surface area contributed by atoms with Gasteiger partial charge in [0.1, 0.15) is 0 Å². The second kappa shape index (κ2) is 16.0. The molecule has 4 atom stereocenters. The van der Waals surface area contributed by atoms with Crippen molar-refractivity contribution in [1.82, 2.24) is 10.2 Å². The van der Waals surface area contributed by atoms with Gasteiger partial charge >= 0.3 is 6.03 Å². The lowest BCUT2D eigenvalue weighted by Crippen LogP contribution is -2.55. The van der Waals surface area contributed by atoms with Gasteiger partial charge in [-0.1, -0.05) is 116 Å². The van der Waals surface area contributed by atoms with E-state index in [0.717, 1.165) is 40.7 Å². The number of amides is 2. The predicted octanol–water partition coefficient (Wildman–Crippen LogP) is 9.24. The Morgan fingerprint density at radius 3 is 2.25 bits per heavy atom. The first-order valence-electron chi connectivity index (χ1n) is 18.9. The number of hydrogen-bond acceptors (Lipinski definition) is 4. The molecule has 6 nitrogen and oxygen atoms in total. The molecule has 4 aromatic carbocycles. The van der Waals surface area contributed by atoms with Crippen LogP contribution in [0.15, 0.2) is 115 Å². The number of aliphatic hydroxyl groups is 2. The van der Waals surface area contributed by atoms with Crippen molar-refractivity contribution in [2.75, 3.05) is 6.54 Å². The van der Waals surface area contributed by atoms with E-state index < -0.39 is 17.1 Å². The fourth-order valence-electron chi connectivity index (χ4n) is 8.45. The lowest BCUT2D eigenvalue weighted by Gasteiger charge is -2.46. The van der Waals surface area contributed by atoms with E-state index in [1.165, 1.54) is 5.57 Å². The molecule has 2 amide bonds. The number of nitrogens with zero attached hydrogens (tertiary/aromatic N) is 1. The molecule has 7 rings (SSSR count). The molecule has 3 aliphatic rings. The van der Waals surface area contributed by atoms with Crippen LogP contribution in [0.25, 0.3) is 11.1 Å². The number of carbonyl (C=O) groups is 2. The summed E-state index contributed by atoms with van der Waals surface area (Å²) in [5, 5.41) is 27.1. The highest BCUT2D eigenvalue weighted by atomic mass is 16.3. The Balaban J connectivity index is 1.41. The SMILES string of the molecule is CC1=CCCC2(C)C(CCC2(O)CN(Cc2ccccc2)C(=O)NC(C)C)c2ccc(cc2C(=O)c2ccc(-c3ccccc3)cc2)CC(O)CC1. The molecule has 0 aromatic heterocycles. The summed E-state index contributed by atoms with van der Waals surface area (Å²) in [6.45, 7) is 8.73. The van der Waals surface area contributed by atoms with Gasteiger partial charge in [-0.25, -0.2) is 4.79 Å². The van der Waals surface area contributed by atoms with Gasteiger partial charge in [0, 0.05) is 29.1 Å². The fraction of sp³-hybridized carbons (Fsp3) is 0.391. The van der Waals surface area contributed by atoms with Gasteiger partial charge in [0.25, 0.3) is 0 Å². The highest BCUT2D eigenvalue weighted by molar-refractivity contribution is 6.10. The molecule has 1 fully saturated rings. The zero-order valence-electron chi connectivity index (χ0n) is 31.1. The molecule has 272 valence electrons. The zero-order valence-corrected chi connectivity index (χ0v) is 31.1. The maximum Gasteiger partial charge on any atom is 0.317 e. The number of carbonyl (C=O) groups excluding carboxylic acids is 2. The fourth-order valence-corrected chi connectivity index (χ4v) is 8.45. The highest BCUT2D eigenvalue weighted by Gasteiger charge is 2.57. The second-order valence-corrected chi connectivity index (χ2v) is 15.7. The highest BCUT2D eigenvalue weighted by Crippen LogP contribution is 2.59. The summed E-state index contributed by atoms with van der Waals surface area (Å²) in [6, 6.07) is 33.7. The third kappa shape index (κ3) is 8.24. The standard InChI is InChI=1S/C46H54N2O4/c1-32(2)47-44(51)48(30-34-13-7-5-8-14-34)31-46(52)27-25-42-40-24-18-35(28-39(49)23-17-33(3)12-11-26-45(42,46)4)29-41(40)43(50)38-21-19-37(20-22-38)36-15-9-6-10-16-36/h5-10,12-16,18-22,24,29,32,39,42,49,52H,11,17,23,25-28,30-31H2,1-4H3,(H,47,51).